The molecule has 3 atom stereocenters. The van der Waals surface area contributed by atoms with Gasteiger partial charge in [-0.05, 0) is 25.2 Å². The number of aliphatic carboxylic acids is 1. The summed E-state index contributed by atoms with van der Waals surface area (Å²) in [5.74, 6) is -1.84. The lowest BCUT2D eigenvalue weighted by atomic mass is 9.83. The minimum absolute atomic E-state index is 0.302. The van der Waals surface area contributed by atoms with Crippen molar-refractivity contribution >= 4 is 21.7 Å². The van der Waals surface area contributed by atoms with Crippen LogP contribution in [0.3, 0.4) is 0 Å². The highest BCUT2D eigenvalue weighted by molar-refractivity contribution is 7.91. The van der Waals surface area contributed by atoms with Crippen molar-refractivity contribution in [1.82, 2.24) is 5.32 Å². The van der Waals surface area contributed by atoms with Crippen molar-refractivity contribution in [3.8, 4) is 0 Å². The maximum absolute atomic E-state index is 11.5. The van der Waals surface area contributed by atoms with E-state index in [1.807, 2.05) is 0 Å². The third-order valence-corrected chi connectivity index (χ3v) is 5.01. The number of hydrogen-bond donors (Lipinski definition) is 2. The lowest BCUT2D eigenvalue weighted by Crippen LogP contribution is -2.47. The molecule has 3 unspecified atom stereocenters. The number of carboxylic acids is 1. The molecule has 1 aliphatic carbocycles. The van der Waals surface area contributed by atoms with Crippen LogP contribution in [0.1, 0.15) is 32.6 Å². The first kappa shape index (κ1) is 14.9. The van der Waals surface area contributed by atoms with E-state index in [-0.39, 0.29) is 5.92 Å². The third kappa shape index (κ3) is 3.97. The van der Waals surface area contributed by atoms with Crippen molar-refractivity contribution in [3.05, 3.63) is 0 Å². The number of sulfone groups is 1. The van der Waals surface area contributed by atoms with Crippen molar-refractivity contribution in [2.75, 3.05) is 6.26 Å². The van der Waals surface area contributed by atoms with E-state index in [0.29, 0.717) is 25.7 Å². The quantitative estimate of drug-likeness (QED) is 0.763. The molecule has 7 heteroatoms. The molecule has 18 heavy (non-hydrogen) atoms. The van der Waals surface area contributed by atoms with Crippen LogP contribution in [0.15, 0.2) is 0 Å². The molecule has 1 fully saturated rings. The Balaban J connectivity index is 2.80. The number of amides is 1. The fraction of sp³-hybridized carbons (Fsp3) is 0.818. The molecule has 6 nitrogen and oxygen atoms in total. The molecule has 0 aromatic carbocycles. The fourth-order valence-electron chi connectivity index (χ4n) is 2.47. The zero-order valence-electron chi connectivity index (χ0n) is 10.5. The summed E-state index contributed by atoms with van der Waals surface area (Å²) in [7, 11) is -3.15. The highest BCUT2D eigenvalue weighted by Gasteiger charge is 2.36. The highest BCUT2D eigenvalue weighted by Crippen LogP contribution is 2.30. The van der Waals surface area contributed by atoms with Gasteiger partial charge >= 0.3 is 5.97 Å². The van der Waals surface area contributed by atoms with Crippen LogP contribution >= 0.6 is 0 Å². The summed E-state index contributed by atoms with van der Waals surface area (Å²) in [6, 6.07) is -0.993. The average molecular weight is 277 g/mol. The Hall–Kier alpha value is -1.11. The Kier molecular flexibility index (Phi) is 4.72. The van der Waals surface area contributed by atoms with Crippen LogP contribution in [0.25, 0.3) is 0 Å². The molecule has 0 spiro atoms. The summed E-state index contributed by atoms with van der Waals surface area (Å²) in [5, 5.41) is 11.0. The zero-order valence-corrected chi connectivity index (χ0v) is 11.4. The molecular weight excluding hydrogens is 258 g/mol. The molecule has 0 saturated heterocycles. The van der Waals surface area contributed by atoms with Gasteiger partial charge in [0.25, 0.3) is 0 Å². The summed E-state index contributed by atoms with van der Waals surface area (Å²) in [4.78, 5) is 22.1. The molecule has 1 aliphatic rings. The predicted octanol–water partition coefficient (Wildman–Crippen LogP) is 0.179. The van der Waals surface area contributed by atoms with E-state index in [2.05, 4.69) is 5.32 Å². The molecule has 1 amide bonds. The maximum Gasteiger partial charge on any atom is 0.326 e. The van der Waals surface area contributed by atoms with Crippen LogP contribution in [-0.2, 0) is 19.4 Å². The lowest BCUT2D eigenvalue weighted by Gasteiger charge is -2.31. The van der Waals surface area contributed by atoms with E-state index in [4.69, 9.17) is 5.11 Å². The van der Waals surface area contributed by atoms with E-state index in [1.54, 1.807) is 0 Å². The Morgan fingerprint density at radius 3 is 2.39 bits per heavy atom. The summed E-state index contributed by atoms with van der Waals surface area (Å²) < 4.78 is 23.0. The average Bonchev–Trinajstić information content (AvgIpc) is 2.24. The second-order valence-electron chi connectivity index (χ2n) is 4.89. The first-order valence-corrected chi connectivity index (χ1v) is 7.86. The van der Waals surface area contributed by atoms with Gasteiger partial charge in [-0.25, -0.2) is 13.2 Å². The number of carboxylic acid groups (broad SMARTS) is 1. The van der Waals surface area contributed by atoms with Gasteiger partial charge in [-0.15, -0.1) is 0 Å². The Morgan fingerprint density at radius 2 is 1.94 bits per heavy atom. The van der Waals surface area contributed by atoms with Crippen molar-refractivity contribution < 1.29 is 23.1 Å². The summed E-state index contributed by atoms with van der Waals surface area (Å²) in [6.45, 7) is 1.26. The van der Waals surface area contributed by atoms with E-state index >= 15 is 0 Å². The minimum Gasteiger partial charge on any atom is -0.480 e. The molecule has 0 heterocycles. The van der Waals surface area contributed by atoms with Crippen molar-refractivity contribution in [2.45, 2.75) is 43.9 Å². The largest absolute Gasteiger partial charge is 0.480 e. The third-order valence-electron chi connectivity index (χ3n) is 3.37. The zero-order chi connectivity index (χ0) is 13.9. The van der Waals surface area contributed by atoms with Crippen LogP contribution in [0.2, 0.25) is 0 Å². The molecule has 1 saturated carbocycles. The Bertz CT molecular complexity index is 431. The summed E-state index contributed by atoms with van der Waals surface area (Å²) >= 11 is 0. The van der Waals surface area contributed by atoms with Crippen LogP contribution < -0.4 is 5.32 Å². The number of rotatable bonds is 4. The summed E-state index contributed by atoms with van der Waals surface area (Å²) in [6.07, 6.45) is 3.35. The standard InChI is InChI=1S/C11H19NO5S/c1-7(13)12-10(11(14)15)8-4-3-5-9(6-8)18(2,16)17/h8-10H,3-6H2,1-2H3,(H,12,13)(H,14,15). The van der Waals surface area contributed by atoms with Crippen molar-refractivity contribution in [1.29, 1.82) is 0 Å². The van der Waals surface area contributed by atoms with Crippen molar-refractivity contribution in [2.24, 2.45) is 5.92 Å². The van der Waals surface area contributed by atoms with Gasteiger partial charge < -0.3 is 10.4 Å². The molecule has 0 aromatic rings. The van der Waals surface area contributed by atoms with Gasteiger partial charge in [0.05, 0.1) is 5.25 Å². The first-order chi connectivity index (χ1) is 8.21. The molecule has 0 bridgehead atoms. The second-order valence-corrected chi connectivity index (χ2v) is 7.22. The van der Waals surface area contributed by atoms with Crippen LogP contribution in [-0.4, -0.2) is 42.9 Å². The molecule has 0 aromatic heterocycles. The maximum atomic E-state index is 11.5. The predicted molar refractivity (Wildman–Crippen MR) is 65.8 cm³/mol. The monoisotopic (exact) mass is 277 g/mol. The Labute approximate surface area is 107 Å². The molecule has 0 aliphatic heterocycles. The normalized spacial score (nSPS) is 26.3. The Morgan fingerprint density at radius 1 is 1.33 bits per heavy atom. The lowest BCUT2D eigenvalue weighted by molar-refractivity contribution is -0.143. The first-order valence-electron chi connectivity index (χ1n) is 5.90. The molecule has 0 radical (unpaired) electrons. The highest BCUT2D eigenvalue weighted by atomic mass is 32.2. The van der Waals surface area contributed by atoms with Gasteiger partial charge in [0.15, 0.2) is 0 Å². The molecule has 1 rings (SSSR count). The van der Waals surface area contributed by atoms with E-state index in [9.17, 15) is 18.0 Å². The van der Waals surface area contributed by atoms with Crippen LogP contribution in [0.5, 0.6) is 0 Å². The number of carbonyl (C=O) groups is 2. The van der Waals surface area contributed by atoms with Gasteiger partial charge in [-0.3, -0.25) is 4.79 Å². The van der Waals surface area contributed by atoms with E-state index in [1.165, 1.54) is 13.2 Å². The smallest absolute Gasteiger partial charge is 0.326 e. The molecule has 2 N–H and O–H groups in total. The van der Waals surface area contributed by atoms with Gasteiger partial charge in [-0.2, -0.15) is 0 Å². The van der Waals surface area contributed by atoms with Crippen molar-refractivity contribution in [3.63, 3.8) is 0 Å². The SMILES string of the molecule is CC(=O)NC(C(=O)O)C1CCCC(S(C)(=O)=O)C1. The fourth-order valence-corrected chi connectivity index (χ4v) is 3.66. The van der Waals surface area contributed by atoms with Gasteiger partial charge in [0, 0.05) is 13.2 Å². The van der Waals surface area contributed by atoms with Gasteiger partial charge in [-0.1, -0.05) is 6.42 Å². The topological polar surface area (TPSA) is 101 Å². The second kappa shape index (κ2) is 5.69. The van der Waals surface area contributed by atoms with Crippen LogP contribution in [0, 0.1) is 5.92 Å². The van der Waals surface area contributed by atoms with E-state index < -0.39 is 33.0 Å². The number of carbonyl (C=O) groups excluding carboxylic acids is 1. The van der Waals surface area contributed by atoms with Crippen LogP contribution in [0.4, 0.5) is 0 Å². The van der Waals surface area contributed by atoms with Gasteiger partial charge in [0.1, 0.15) is 15.9 Å². The minimum atomic E-state index is -3.15. The molecular formula is C11H19NO5S. The number of hydrogen-bond acceptors (Lipinski definition) is 4. The van der Waals surface area contributed by atoms with E-state index in [0.717, 1.165) is 0 Å². The molecule has 104 valence electrons. The summed E-state index contributed by atoms with van der Waals surface area (Å²) in [5.41, 5.74) is 0. The van der Waals surface area contributed by atoms with Gasteiger partial charge in [0.2, 0.25) is 5.91 Å². The number of nitrogens with one attached hydrogen (secondary N) is 1.